The zero-order chi connectivity index (χ0) is 23.5. The van der Waals surface area contributed by atoms with Crippen LogP contribution >= 0.6 is 59.4 Å². The highest BCUT2D eigenvalue weighted by Crippen LogP contribution is 2.60. The van der Waals surface area contributed by atoms with Crippen molar-refractivity contribution in [3.63, 3.8) is 0 Å². The first-order valence-electron chi connectivity index (χ1n) is 10.1. The van der Waals surface area contributed by atoms with Gasteiger partial charge in [0.1, 0.15) is 6.04 Å². The van der Waals surface area contributed by atoms with Crippen LogP contribution in [0.15, 0.2) is 16.6 Å². The summed E-state index contributed by atoms with van der Waals surface area (Å²) in [6, 6.07) is 2.25. The number of anilines is 1. The molecule has 172 valence electrons. The summed E-state index contributed by atoms with van der Waals surface area (Å²) in [5.41, 5.74) is 1.27. The average molecular weight is 656 g/mol. The topological polar surface area (TPSA) is 92.8 Å². The van der Waals surface area contributed by atoms with Gasteiger partial charge in [0.05, 0.1) is 16.9 Å². The molecule has 3 fully saturated rings. The molecule has 32 heavy (non-hydrogen) atoms. The quantitative estimate of drug-likeness (QED) is 0.294. The molecule has 3 aliphatic rings. The second-order valence-electron chi connectivity index (χ2n) is 8.46. The first-order valence-corrected chi connectivity index (χ1v) is 13.1. The molecule has 1 saturated heterocycles. The Morgan fingerprint density at radius 3 is 2.31 bits per heavy atom. The number of hydrogen-bond acceptors (Lipinski definition) is 5. The Bertz CT molecular complexity index is 989. The summed E-state index contributed by atoms with van der Waals surface area (Å²) >= 11 is 16.6. The molecule has 7 nitrogen and oxygen atoms in total. The molecule has 1 aromatic rings. The first kappa shape index (κ1) is 24.2. The molecule has 0 unspecified atom stereocenters. The van der Waals surface area contributed by atoms with Gasteiger partial charge >= 0.3 is 5.97 Å². The number of rotatable bonds is 5. The maximum absolute atomic E-state index is 13.0. The van der Waals surface area contributed by atoms with Gasteiger partial charge in [-0.2, -0.15) is 0 Å². The van der Waals surface area contributed by atoms with Gasteiger partial charge in [0.25, 0.3) is 5.91 Å². The molecule has 2 bridgehead atoms. The van der Waals surface area contributed by atoms with Gasteiger partial charge in [-0.3, -0.25) is 19.3 Å². The number of carbonyl (C=O) groups is 4. The SMILES string of the molecule is Cc1cc(Br)c(Cl)cc1NC(=O)COC(=O)[C@H](C)N1C(=O)[C@@H]2[C@H]3C[C@@H]([C@H](Br)[C@H]3Br)[C@H]2C1=O. The smallest absolute Gasteiger partial charge is 0.329 e. The van der Waals surface area contributed by atoms with Gasteiger partial charge in [-0.25, -0.2) is 4.79 Å². The monoisotopic (exact) mass is 652 g/mol. The molecule has 1 N–H and O–H groups in total. The fraction of sp³-hybridized carbons (Fsp3) is 0.524. The van der Waals surface area contributed by atoms with E-state index in [-0.39, 0.29) is 33.3 Å². The first-order chi connectivity index (χ1) is 15.0. The molecule has 1 heterocycles. The van der Waals surface area contributed by atoms with Gasteiger partial charge in [0.15, 0.2) is 6.61 Å². The highest BCUT2D eigenvalue weighted by atomic mass is 79.9. The predicted octanol–water partition coefficient (Wildman–Crippen LogP) is 4.06. The highest BCUT2D eigenvalue weighted by Gasteiger charge is 2.67. The minimum Gasteiger partial charge on any atom is -0.454 e. The standard InChI is InChI=1S/C21H20Br3ClN2O5/c1-7-3-11(22)12(25)5-13(7)26-14(28)6-32-21(31)8(2)27-19(29)15-9-4-10(16(15)20(27)30)18(24)17(9)23/h3,5,8-10,15-18H,4,6H2,1-2H3,(H,26,28)/t8-,9+,10+,15+,16+,17-,18-/m0/s1. The molecule has 2 saturated carbocycles. The average Bonchev–Trinajstić information content (AvgIpc) is 3.34. The van der Waals surface area contributed by atoms with E-state index in [1.54, 1.807) is 19.1 Å². The summed E-state index contributed by atoms with van der Waals surface area (Å²) in [5, 5.41) is 3.07. The lowest BCUT2D eigenvalue weighted by Gasteiger charge is -2.28. The van der Waals surface area contributed by atoms with Crippen molar-refractivity contribution in [1.82, 2.24) is 4.90 Å². The van der Waals surface area contributed by atoms with Crippen LogP contribution in [-0.4, -0.2) is 50.9 Å². The Morgan fingerprint density at radius 2 is 1.75 bits per heavy atom. The van der Waals surface area contributed by atoms with Crippen LogP contribution in [-0.2, 0) is 23.9 Å². The van der Waals surface area contributed by atoms with Gasteiger partial charge < -0.3 is 10.1 Å². The van der Waals surface area contributed by atoms with Crippen molar-refractivity contribution in [3.05, 3.63) is 27.2 Å². The zero-order valence-electron chi connectivity index (χ0n) is 17.1. The molecule has 1 aliphatic heterocycles. The van der Waals surface area contributed by atoms with E-state index in [0.717, 1.165) is 16.9 Å². The number of nitrogens with one attached hydrogen (secondary N) is 1. The van der Waals surface area contributed by atoms with Crippen LogP contribution in [0, 0.1) is 30.6 Å². The number of benzene rings is 1. The summed E-state index contributed by atoms with van der Waals surface area (Å²) in [4.78, 5) is 52.2. The third-order valence-corrected chi connectivity index (χ3v) is 11.0. The van der Waals surface area contributed by atoms with E-state index in [4.69, 9.17) is 16.3 Å². The molecule has 1 aromatic carbocycles. The van der Waals surface area contributed by atoms with E-state index in [9.17, 15) is 19.2 Å². The Labute approximate surface area is 215 Å². The van der Waals surface area contributed by atoms with E-state index in [0.29, 0.717) is 15.2 Å². The van der Waals surface area contributed by atoms with E-state index < -0.39 is 36.4 Å². The number of amides is 3. The minimum absolute atomic E-state index is 0.0609. The number of nitrogens with zero attached hydrogens (tertiary/aromatic N) is 1. The lowest BCUT2D eigenvalue weighted by Crippen LogP contribution is -2.45. The Hall–Kier alpha value is -0.970. The fourth-order valence-electron chi connectivity index (χ4n) is 5.08. The van der Waals surface area contributed by atoms with E-state index in [1.807, 2.05) is 0 Å². The number of carbonyl (C=O) groups excluding carboxylic acids is 4. The van der Waals surface area contributed by atoms with Crippen molar-refractivity contribution in [2.45, 2.75) is 36.0 Å². The largest absolute Gasteiger partial charge is 0.454 e. The van der Waals surface area contributed by atoms with Crippen molar-refractivity contribution < 1.29 is 23.9 Å². The van der Waals surface area contributed by atoms with Crippen LogP contribution in [0.3, 0.4) is 0 Å². The van der Waals surface area contributed by atoms with Crippen LogP contribution < -0.4 is 5.32 Å². The fourth-order valence-corrected chi connectivity index (χ4v) is 7.58. The number of imide groups is 1. The second-order valence-corrected chi connectivity index (χ2v) is 11.8. The Morgan fingerprint density at radius 1 is 1.19 bits per heavy atom. The zero-order valence-corrected chi connectivity index (χ0v) is 22.6. The molecule has 3 amide bonds. The molecule has 4 rings (SSSR count). The number of likely N-dealkylation sites (tertiary alicyclic amines) is 1. The molecule has 0 aromatic heterocycles. The number of esters is 1. The van der Waals surface area contributed by atoms with Crippen LogP contribution in [0.4, 0.5) is 5.69 Å². The van der Waals surface area contributed by atoms with Crippen LogP contribution in [0.2, 0.25) is 5.02 Å². The third kappa shape index (κ3) is 3.95. The summed E-state index contributed by atoms with van der Waals surface area (Å²) < 4.78 is 5.82. The summed E-state index contributed by atoms with van der Waals surface area (Å²) in [6.45, 7) is 2.71. The van der Waals surface area contributed by atoms with Gasteiger partial charge in [0.2, 0.25) is 11.8 Å². The van der Waals surface area contributed by atoms with Crippen LogP contribution in [0.5, 0.6) is 0 Å². The van der Waals surface area contributed by atoms with Crippen molar-refractivity contribution >= 4 is 88.8 Å². The van der Waals surface area contributed by atoms with Gasteiger partial charge in [-0.15, -0.1) is 0 Å². The Balaban J connectivity index is 1.37. The molecule has 0 spiro atoms. The molecule has 0 radical (unpaired) electrons. The van der Waals surface area contributed by atoms with E-state index in [2.05, 4.69) is 53.1 Å². The Kier molecular flexibility index (Phi) is 6.80. The normalized spacial score (nSPS) is 31.6. The molecular weight excluding hydrogens is 635 g/mol. The summed E-state index contributed by atoms with van der Waals surface area (Å²) in [6.07, 6.45) is 0.810. The lowest BCUT2D eigenvalue weighted by molar-refractivity contribution is -0.159. The van der Waals surface area contributed by atoms with Crippen LogP contribution in [0.1, 0.15) is 18.9 Å². The molecule has 2 aliphatic carbocycles. The summed E-state index contributed by atoms with van der Waals surface area (Å²) in [7, 11) is 0. The highest BCUT2D eigenvalue weighted by molar-refractivity contribution is 9.12. The molecule has 7 atom stereocenters. The predicted molar refractivity (Wildman–Crippen MR) is 129 cm³/mol. The number of aryl methyl sites for hydroxylation is 1. The second kappa shape index (κ2) is 9.00. The van der Waals surface area contributed by atoms with Crippen molar-refractivity contribution in [2.24, 2.45) is 23.7 Å². The lowest BCUT2D eigenvalue weighted by atomic mass is 9.81. The summed E-state index contributed by atoms with van der Waals surface area (Å²) in [5.74, 6) is -2.70. The van der Waals surface area contributed by atoms with E-state index >= 15 is 0 Å². The molecular formula is C21H20Br3ClN2O5. The number of alkyl halides is 2. The van der Waals surface area contributed by atoms with Gasteiger partial charge in [0, 0.05) is 19.8 Å². The number of halogens is 4. The maximum Gasteiger partial charge on any atom is 0.329 e. The van der Waals surface area contributed by atoms with Crippen molar-refractivity contribution in [1.29, 1.82) is 0 Å². The van der Waals surface area contributed by atoms with Crippen molar-refractivity contribution in [3.8, 4) is 0 Å². The number of hydrogen-bond donors (Lipinski definition) is 1. The number of fused-ring (bicyclic) bond motifs is 5. The van der Waals surface area contributed by atoms with Crippen molar-refractivity contribution in [2.75, 3.05) is 11.9 Å². The van der Waals surface area contributed by atoms with Gasteiger partial charge in [-0.1, -0.05) is 43.5 Å². The molecule has 11 heteroatoms. The van der Waals surface area contributed by atoms with Gasteiger partial charge in [-0.05, 0) is 65.7 Å². The minimum atomic E-state index is -1.10. The number of ether oxygens (including phenoxy) is 1. The maximum atomic E-state index is 13.0. The van der Waals surface area contributed by atoms with Crippen LogP contribution in [0.25, 0.3) is 0 Å². The third-order valence-electron chi connectivity index (χ3n) is 6.64. The van der Waals surface area contributed by atoms with E-state index in [1.165, 1.54) is 6.92 Å².